The Morgan fingerprint density at radius 3 is 2.17 bits per heavy atom. The first-order chi connectivity index (χ1) is 11.8. The molecule has 0 radical (unpaired) electrons. The fourth-order valence-corrected chi connectivity index (χ4v) is 3.76. The molecular weight excluding hydrogens is 300 g/mol. The Kier molecular flexibility index (Phi) is 4.41. The highest BCUT2D eigenvalue weighted by Crippen LogP contribution is 2.32. The topological polar surface area (TPSA) is 27.3 Å². The second-order valence-corrected chi connectivity index (χ2v) is 7.03. The Labute approximate surface area is 143 Å². The minimum atomic E-state index is 0.354. The molecule has 2 aliphatic rings. The van der Waals surface area contributed by atoms with Crippen LogP contribution in [-0.4, -0.2) is 33.0 Å². The molecule has 2 aromatic rings. The van der Waals surface area contributed by atoms with Crippen molar-refractivity contribution in [2.75, 3.05) is 33.0 Å². The van der Waals surface area contributed by atoms with E-state index in [1.807, 2.05) is 6.07 Å². The Morgan fingerprint density at radius 2 is 1.46 bits per heavy atom. The van der Waals surface area contributed by atoms with E-state index in [9.17, 15) is 0 Å². The number of ether oxygens (including phenoxy) is 2. The molecule has 24 heavy (non-hydrogen) atoms. The van der Waals surface area contributed by atoms with Crippen LogP contribution in [0, 0.1) is 6.92 Å². The summed E-state index contributed by atoms with van der Waals surface area (Å²) in [6, 6.07) is 15.3. The van der Waals surface area contributed by atoms with Gasteiger partial charge in [0.25, 0.3) is 0 Å². The van der Waals surface area contributed by atoms with Crippen LogP contribution in [0.2, 0.25) is 0 Å². The van der Waals surface area contributed by atoms with Crippen molar-refractivity contribution in [3.63, 3.8) is 0 Å². The zero-order chi connectivity index (χ0) is 16.4. The van der Waals surface area contributed by atoms with Crippen LogP contribution in [0.15, 0.2) is 42.5 Å². The Hall–Kier alpha value is -2.04. The molecule has 1 saturated heterocycles. The molecule has 4 rings (SSSR count). The van der Waals surface area contributed by atoms with Crippen LogP contribution in [0.1, 0.15) is 16.7 Å². The minimum absolute atomic E-state index is 0.354. The lowest BCUT2D eigenvalue weighted by molar-refractivity contribution is -1.02. The molecule has 2 N–H and O–H groups in total. The molecule has 4 nitrogen and oxygen atoms in total. The van der Waals surface area contributed by atoms with Crippen LogP contribution >= 0.6 is 0 Å². The molecule has 2 heterocycles. The van der Waals surface area contributed by atoms with Gasteiger partial charge in [0.1, 0.15) is 39.3 Å². The van der Waals surface area contributed by atoms with E-state index in [1.54, 1.807) is 9.80 Å². The number of benzene rings is 2. The quantitative estimate of drug-likeness (QED) is 0.840. The first-order valence-corrected chi connectivity index (χ1v) is 8.87. The Bertz CT molecular complexity index is 709. The van der Waals surface area contributed by atoms with Crippen molar-refractivity contribution in [1.82, 2.24) is 0 Å². The summed E-state index contributed by atoms with van der Waals surface area (Å²) in [6.07, 6.45) is 0. The van der Waals surface area contributed by atoms with Gasteiger partial charge in [-0.2, -0.15) is 0 Å². The summed E-state index contributed by atoms with van der Waals surface area (Å²) >= 11 is 0. The smallest absolute Gasteiger partial charge is 0.231 e. The van der Waals surface area contributed by atoms with Gasteiger partial charge in [-0.1, -0.05) is 29.8 Å². The molecule has 1 fully saturated rings. The molecule has 126 valence electrons. The molecule has 0 unspecified atom stereocenters. The van der Waals surface area contributed by atoms with Gasteiger partial charge in [0, 0.05) is 11.1 Å². The summed E-state index contributed by atoms with van der Waals surface area (Å²) in [4.78, 5) is 3.37. The zero-order valence-electron chi connectivity index (χ0n) is 14.3. The zero-order valence-corrected chi connectivity index (χ0v) is 14.3. The van der Waals surface area contributed by atoms with Crippen molar-refractivity contribution in [3.05, 3.63) is 59.2 Å². The molecule has 0 aromatic heterocycles. The number of hydrogen-bond donors (Lipinski definition) is 2. The van der Waals surface area contributed by atoms with E-state index in [-0.39, 0.29) is 0 Å². The average molecular weight is 326 g/mol. The highest BCUT2D eigenvalue weighted by Gasteiger charge is 2.24. The van der Waals surface area contributed by atoms with Gasteiger partial charge in [-0.25, -0.2) is 0 Å². The van der Waals surface area contributed by atoms with Gasteiger partial charge in [0.2, 0.25) is 6.79 Å². The summed E-state index contributed by atoms with van der Waals surface area (Å²) in [6.45, 7) is 9.71. The Morgan fingerprint density at radius 1 is 0.792 bits per heavy atom. The van der Waals surface area contributed by atoms with Gasteiger partial charge in [-0.3, -0.25) is 0 Å². The maximum atomic E-state index is 5.49. The van der Waals surface area contributed by atoms with Crippen LogP contribution in [0.4, 0.5) is 0 Å². The maximum absolute atomic E-state index is 5.49. The molecule has 0 aliphatic carbocycles. The van der Waals surface area contributed by atoms with Crippen LogP contribution < -0.4 is 19.3 Å². The van der Waals surface area contributed by atoms with Gasteiger partial charge in [-0.15, -0.1) is 0 Å². The van der Waals surface area contributed by atoms with Crippen LogP contribution in [0.25, 0.3) is 0 Å². The van der Waals surface area contributed by atoms with E-state index in [1.165, 1.54) is 42.9 Å². The fourth-order valence-electron chi connectivity index (χ4n) is 3.76. The van der Waals surface area contributed by atoms with Crippen LogP contribution in [-0.2, 0) is 13.1 Å². The van der Waals surface area contributed by atoms with E-state index >= 15 is 0 Å². The van der Waals surface area contributed by atoms with Crippen molar-refractivity contribution in [3.8, 4) is 11.5 Å². The number of aryl methyl sites for hydroxylation is 1. The van der Waals surface area contributed by atoms with E-state index in [2.05, 4.69) is 43.3 Å². The summed E-state index contributed by atoms with van der Waals surface area (Å²) in [5.74, 6) is 1.77. The lowest BCUT2D eigenvalue weighted by atomic mass is 10.1. The number of quaternary nitrogens is 2. The van der Waals surface area contributed by atoms with Gasteiger partial charge in [0.05, 0.1) is 0 Å². The third-order valence-electron chi connectivity index (χ3n) is 5.09. The standard InChI is InChI=1S/C20H24N2O2/c1-16-3-2-4-17(11-16)13-21-7-9-22(10-8-21)14-18-5-6-19-20(12-18)24-15-23-19/h2-6,11-12H,7-10,13-15H2,1H3/p+2. The predicted molar refractivity (Wildman–Crippen MR) is 92.5 cm³/mol. The monoisotopic (exact) mass is 326 g/mol. The predicted octanol–water partition coefficient (Wildman–Crippen LogP) is 0.207. The van der Waals surface area contributed by atoms with E-state index < -0.39 is 0 Å². The molecular formula is C20H26N2O2+2. The number of rotatable bonds is 4. The van der Waals surface area contributed by atoms with E-state index in [0.717, 1.165) is 24.6 Å². The van der Waals surface area contributed by atoms with Gasteiger partial charge < -0.3 is 19.3 Å². The normalized spacial score (nSPS) is 22.5. The third-order valence-corrected chi connectivity index (χ3v) is 5.09. The average Bonchev–Trinajstić information content (AvgIpc) is 3.04. The summed E-state index contributed by atoms with van der Waals surface area (Å²) in [7, 11) is 0. The summed E-state index contributed by atoms with van der Waals surface area (Å²) in [5, 5.41) is 0. The first kappa shape index (κ1) is 15.5. The highest BCUT2D eigenvalue weighted by atomic mass is 16.7. The molecule has 2 aromatic carbocycles. The van der Waals surface area contributed by atoms with Crippen molar-refractivity contribution in [2.24, 2.45) is 0 Å². The molecule has 0 atom stereocenters. The van der Waals surface area contributed by atoms with E-state index in [0.29, 0.717) is 6.79 Å². The fraction of sp³-hybridized carbons (Fsp3) is 0.400. The molecule has 0 spiro atoms. The second-order valence-electron chi connectivity index (χ2n) is 7.03. The summed E-state index contributed by atoms with van der Waals surface area (Å²) < 4.78 is 10.9. The van der Waals surface area contributed by atoms with Crippen molar-refractivity contribution in [1.29, 1.82) is 0 Å². The van der Waals surface area contributed by atoms with Gasteiger partial charge in [0.15, 0.2) is 11.5 Å². The van der Waals surface area contributed by atoms with Crippen molar-refractivity contribution >= 4 is 0 Å². The molecule has 0 bridgehead atoms. The first-order valence-electron chi connectivity index (χ1n) is 8.87. The van der Waals surface area contributed by atoms with Gasteiger partial charge in [-0.05, 0) is 25.1 Å². The number of hydrogen-bond acceptors (Lipinski definition) is 2. The largest absolute Gasteiger partial charge is 0.454 e. The second kappa shape index (κ2) is 6.83. The van der Waals surface area contributed by atoms with Crippen molar-refractivity contribution < 1.29 is 19.3 Å². The van der Waals surface area contributed by atoms with E-state index in [4.69, 9.17) is 9.47 Å². The van der Waals surface area contributed by atoms with Crippen molar-refractivity contribution in [2.45, 2.75) is 20.0 Å². The highest BCUT2D eigenvalue weighted by molar-refractivity contribution is 5.44. The maximum Gasteiger partial charge on any atom is 0.231 e. The molecule has 2 aliphatic heterocycles. The van der Waals surface area contributed by atoms with Crippen LogP contribution in [0.5, 0.6) is 11.5 Å². The molecule has 4 heteroatoms. The summed E-state index contributed by atoms with van der Waals surface area (Å²) in [5.41, 5.74) is 4.17. The molecule has 0 amide bonds. The molecule has 0 saturated carbocycles. The Balaban J connectivity index is 1.30. The lowest BCUT2D eigenvalue weighted by Gasteiger charge is -2.30. The SMILES string of the molecule is Cc1cccc(C[NH+]2CC[NH+](Cc3ccc4c(c3)OCO4)CC2)c1. The van der Waals surface area contributed by atoms with Gasteiger partial charge >= 0.3 is 0 Å². The number of nitrogens with one attached hydrogen (secondary N) is 2. The third kappa shape index (κ3) is 3.55. The lowest BCUT2D eigenvalue weighted by Crippen LogP contribution is -3.27. The van der Waals surface area contributed by atoms with Crippen LogP contribution in [0.3, 0.4) is 0 Å². The minimum Gasteiger partial charge on any atom is -0.454 e. The number of piperazine rings is 1. The number of fused-ring (bicyclic) bond motifs is 1.